The van der Waals surface area contributed by atoms with Crippen LogP contribution in [0.2, 0.25) is 5.02 Å². The minimum absolute atomic E-state index is 0.0528. The highest BCUT2D eigenvalue weighted by Gasteiger charge is 2.33. The minimum atomic E-state index is -0.538. The third kappa shape index (κ3) is 4.95. The van der Waals surface area contributed by atoms with Crippen LogP contribution in [0.4, 0.5) is 4.79 Å². The second-order valence-electron chi connectivity index (χ2n) is 6.72. The number of hydrogen-bond acceptors (Lipinski definition) is 3. The molecule has 1 aromatic rings. The third-order valence-electron chi connectivity index (χ3n) is 3.66. The van der Waals surface area contributed by atoms with Crippen molar-refractivity contribution in [2.75, 3.05) is 6.54 Å². The number of amides is 1. The van der Waals surface area contributed by atoms with E-state index in [1.54, 1.807) is 23.1 Å². The molecule has 1 fully saturated rings. The zero-order valence-electron chi connectivity index (χ0n) is 13.6. The van der Waals surface area contributed by atoms with Gasteiger partial charge in [0, 0.05) is 29.0 Å². The molecule has 0 aromatic heterocycles. The summed E-state index contributed by atoms with van der Waals surface area (Å²) in [7, 11) is 0. The van der Waals surface area contributed by atoms with Crippen LogP contribution in [0.3, 0.4) is 0 Å². The number of ketones is 1. The second-order valence-corrected chi connectivity index (χ2v) is 8.04. The van der Waals surface area contributed by atoms with Crippen LogP contribution < -0.4 is 0 Å². The zero-order valence-corrected chi connectivity index (χ0v) is 15.9. The first-order valence-electron chi connectivity index (χ1n) is 7.65. The summed E-state index contributed by atoms with van der Waals surface area (Å²) in [6.07, 6.45) is 1.60. The van der Waals surface area contributed by atoms with Gasteiger partial charge in [-0.3, -0.25) is 4.79 Å². The number of carbonyl (C=O) groups is 2. The van der Waals surface area contributed by atoms with Gasteiger partial charge in [-0.25, -0.2) is 4.79 Å². The normalized spacial score (nSPS) is 18.1. The molecular weight excluding hydrogens is 382 g/mol. The van der Waals surface area contributed by atoms with Gasteiger partial charge in [0.2, 0.25) is 0 Å². The highest BCUT2D eigenvalue weighted by molar-refractivity contribution is 9.10. The molecule has 1 aliphatic rings. The maximum atomic E-state index is 12.5. The number of nitrogens with zero attached hydrogens (tertiary/aromatic N) is 1. The molecule has 23 heavy (non-hydrogen) atoms. The monoisotopic (exact) mass is 401 g/mol. The molecule has 0 saturated carbocycles. The maximum absolute atomic E-state index is 12.5. The van der Waals surface area contributed by atoms with E-state index in [0.29, 0.717) is 17.1 Å². The third-order valence-corrected chi connectivity index (χ3v) is 4.46. The molecule has 0 radical (unpaired) electrons. The standard InChI is InChI=1S/C17H21BrClNO3/c1-17(2,3)23-16(22)20-8-4-5-12(20)10-15(21)13-7-6-11(18)9-14(13)19/h6-7,9,12H,4-5,8,10H2,1-3H3. The Kier molecular flexibility index (Phi) is 5.74. The zero-order chi connectivity index (χ0) is 17.2. The highest BCUT2D eigenvalue weighted by atomic mass is 79.9. The van der Waals surface area contributed by atoms with Crippen molar-refractivity contribution in [2.24, 2.45) is 0 Å². The number of hydrogen-bond donors (Lipinski definition) is 0. The number of carbonyl (C=O) groups excluding carboxylic acids is 2. The molecule has 1 amide bonds. The van der Waals surface area contributed by atoms with Crippen LogP contribution in [0.15, 0.2) is 22.7 Å². The molecule has 0 N–H and O–H groups in total. The molecule has 1 saturated heterocycles. The summed E-state index contributed by atoms with van der Waals surface area (Å²) < 4.78 is 6.25. The van der Waals surface area contributed by atoms with Crippen molar-refractivity contribution in [2.45, 2.75) is 51.7 Å². The van der Waals surface area contributed by atoms with Crippen molar-refractivity contribution in [3.05, 3.63) is 33.3 Å². The van der Waals surface area contributed by atoms with Gasteiger partial charge < -0.3 is 9.64 Å². The van der Waals surface area contributed by atoms with Crippen LogP contribution in [-0.2, 0) is 4.74 Å². The molecule has 4 nitrogen and oxygen atoms in total. The van der Waals surface area contributed by atoms with Crippen LogP contribution in [0, 0.1) is 0 Å². The topological polar surface area (TPSA) is 46.6 Å². The first-order chi connectivity index (χ1) is 10.7. The van der Waals surface area contributed by atoms with Gasteiger partial charge in [-0.15, -0.1) is 0 Å². The van der Waals surface area contributed by atoms with Gasteiger partial charge in [-0.2, -0.15) is 0 Å². The Morgan fingerprint density at radius 1 is 1.39 bits per heavy atom. The van der Waals surface area contributed by atoms with E-state index in [2.05, 4.69) is 15.9 Å². The summed E-state index contributed by atoms with van der Waals surface area (Å²) >= 11 is 9.46. The number of benzene rings is 1. The van der Waals surface area contributed by atoms with Gasteiger partial charge in [0.25, 0.3) is 0 Å². The molecule has 6 heteroatoms. The maximum Gasteiger partial charge on any atom is 0.410 e. The van der Waals surface area contributed by atoms with Crippen LogP contribution >= 0.6 is 27.5 Å². The van der Waals surface area contributed by atoms with E-state index in [0.717, 1.165) is 17.3 Å². The first-order valence-corrected chi connectivity index (χ1v) is 8.82. The molecule has 126 valence electrons. The Morgan fingerprint density at radius 2 is 2.09 bits per heavy atom. The minimum Gasteiger partial charge on any atom is -0.444 e. The predicted octanol–water partition coefficient (Wildman–Crippen LogP) is 5.07. The van der Waals surface area contributed by atoms with Gasteiger partial charge in [0.1, 0.15) is 5.60 Å². The predicted molar refractivity (Wildman–Crippen MR) is 94.1 cm³/mol. The Hall–Kier alpha value is -1.07. The molecular formula is C17H21BrClNO3. The van der Waals surface area contributed by atoms with Crippen LogP contribution in [0.1, 0.15) is 50.4 Å². The lowest BCUT2D eigenvalue weighted by Gasteiger charge is -2.28. The van der Waals surface area contributed by atoms with Gasteiger partial charge in [0.05, 0.1) is 5.02 Å². The Balaban J connectivity index is 2.06. The Labute approximate surface area is 150 Å². The van der Waals surface area contributed by atoms with Gasteiger partial charge in [0.15, 0.2) is 5.78 Å². The van der Waals surface area contributed by atoms with E-state index in [1.165, 1.54) is 0 Å². The number of Topliss-reactive ketones (excluding diaryl/α,β-unsaturated/α-hetero) is 1. The van der Waals surface area contributed by atoms with Crippen molar-refractivity contribution < 1.29 is 14.3 Å². The van der Waals surface area contributed by atoms with Crippen molar-refractivity contribution in [1.29, 1.82) is 0 Å². The van der Waals surface area contributed by atoms with Crippen LogP contribution in [-0.4, -0.2) is 35.0 Å². The number of rotatable bonds is 3. The van der Waals surface area contributed by atoms with E-state index < -0.39 is 5.60 Å². The molecule has 1 aliphatic heterocycles. The average Bonchev–Trinajstić information content (AvgIpc) is 2.84. The molecule has 0 bridgehead atoms. The fourth-order valence-electron chi connectivity index (χ4n) is 2.65. The fraction of sp³-hybridized carbons (Fsp3) is 0.529. The average molecular weight is 403 g/mol. The summed E-state index contributed by atoms with van der Waals surface area (Å²) in [6, 6.07) is 5.08. The van der Waals surface area contributed by atoms with Crippen LogP contribution in [0.5, 0.6) is 0 Å². The number of ether oxygens (including phenoxy) is 1. The molecule has 2 rings (SSSR count). The first kappa shape index (κ1) is 18.3. The Bertz CT molecular complexity index is 612. The van der Waals surface area contributed by atoms with Crippen molar-refractivity contribution in [3.8, 4) is 0 Å². The van der Waals surface area contributed by atoms with E-state index >= 15 is 0 Å². The summed E-state index contributed by atoms with van der Waals surface area (Å²) in [5.41, 5.74) is -0.0469. The van der Waals surface area contributed by atoms with Crippen molar-refractivity contribution in [3.63, 3.8) is 0 Å². The van der Waals surface area contributed by atoms with E-state index in [-0.39, 0.29) is 24.3 Å². The lowest BCUT2D eigenvalue weighted by atomic mass is 10.0. The van der Waals surface area contributed by atoms with Gasteiger partial charge >= 0.3 is 6.09 Å². The van der Waals surface area contributed by atoms with Crippen molar-refractivity contribution >= 4 is 39.4 Å². The molecule has 1 heterocycles. The summed E-state index contributed by atoms with van der Waals surface area (Å²) in [4.78, 5) is 26.4. The van der Waals surface area contributed by atoms with E-state index in [4.69, 9.17) is 16.3 Å². The van der Waals surface area contributed by atoms with Crippen LogP contribution in [0.25, 0.3) is 0 Å². The molecule has 0 aliphatic carbocycles. The molecule has 1 aromatic carbocycles. The Morgan fingerprint density at radius 3 is 2.70 bits per heavy atom. The SMILES string of the molecule is CC(C)(C)OC(=O)N1CCCC1CC(=O)c1ccc(Br)cc1Cl. The fourth-order valence-corrected chi connectivity index (χ4v) is 3.43. The van der Waals surface area contributed by atoms with E-state index in [9.17, 15) is 9.59 Å². The van der Waals surface area contributed by atoms with Gasteiger partial charge in [-0.1, -0.05) is 27.5 Å². The molecule has 1 atom stereocenters. The van der Waals surface area contributed by atoms with E-state index in [1.807, 2.05) is 20.8 Å². The lowest BCUT2D eigenvalue weighted by Crippen LogP contribution is -2.40. The summed E-state index contributed by atoms with van der Waals surface area (Å²) in [5, 5.41) is 0.422. The summed E-state index contributed by atoms with van der Waals surface area (Å²) in [6.45, 7) is 6.13. The largest absolute Gasteiger partial charge is 0.444 e. The van der Waals surface area contributed by atoms with Crippen molar-refractivity contribution in [1.82, 2.24) is 4.90 Å². The second kappa shape index (κ2) is 7.22. The molecule has 1 unspecified atom stereocenters. The lowest BCUT2D eigenvalue weighted by molar-refractivity contribution is 0.0223. The molecule has 0 spiro atoms. The summed E-state index contributed by atoms with van der Waals surface area (Å²) in [5.74, 6) is -0.0528. The highest BCUT2D eigenvalue weighted by Crippen LogP contribution is 2.27. The quantitative estimate of drug-likeness (QED) is 0.663. The number of likely N-dealkylation sites (tertiary alicyclic amines) is 1. The van der Waals surface area contributed by atoms with Gasteiger partial charge in [-0.05, 0) is 51.8 Å². The smallest absolute Gasteiger partial charge is 0.410 e. The number of halogens is 2.